The molecule has 0 unspecified atom stereocenters. The first-order valence-corrected chi connectivity index (χ1v) is 5.03. The third kappa shape index (κ3) is 2.62. The zero-order valence-corrected chi connectivity index (χ0v) is 9.89. The van der Waals surface area contributed by atoms with Gasteiger partial charge in [0.15, 0.2) is 0 Å². The average molecular weight is 257 g/mol. The van der Waals surface area contributed by atoms with Crippen LogP contribution in [0, 0.1) is 0 Å². The molecular weight excluding hydrogens is 247 g/mol. The summed E-state index contributed by atoms with van der Waals surface area (Å²) in [6.45, 7) is 0. The fraction of sp³-hybridized carbons (Fsp3) is 0.0909. The number of aromatic amines is 1. The van der Waals surface area contributed by atoms with Gasteiger partial charge in [-0.05, 0) is 18.2 Å². The van der Waals surface area contributed by atoms with Crippen LogP contribution in [0.5, 0.6) is 0 Å². The molecule has 0 spiro atoms. The first-order chi connectivity index (χ1) is 7.31. The Labute approximate surface area is 104 Å². The van der Waals surface area contributed by atoms with Gasteiger partial charge in [0, 0.05) is 29.2 Å². The van der Waals surface area contributed by atoms with E-state index in [0.29, 0.717) is 5.56 Å². The van der Waals surface area contributed by atoms with Crippen LogP contribution in [0.3, 0.4) is 0 Å². The third-order valence-electron chi connectivity index (χ3n) is 2.13. The molecule has 0 atom stereocenters. The summed E-state index contributed by atoms with van der Waals surface area (Å²) in [5.74, 6) is 0.228. The number of hydrogen-bond acceptors (Lipinski definition) is 2. The van der Waals surface area contributed by atoms with Crippen molar-refractivity contribution < 1.29 is 0 Å². The Bertz CT molecular complexity index is 511. The van der Waals surface area contributed by atoms with Crippen LogP contribution in [0.1, 0.15) is 5.56 Å². The van der Waals surface area contributed by atoms with Crippen molar-refractivity contribution in [1.29, 1.82) is 0 Å². The number of pyridine rings is 2. The number of H-pyrrole nitrogens is 1. The monoisotopic (exact) mass is 256 g/mol. The van der Waals surface area contributed by atoms with Crippen LogP contribution < -0.4 is 5.56 Å². The smallest absolute Gasteiger partial charge is 0.252 e. The number of nitrogens with zero attached hydrogens (tertiary/aromatic N) is 1. The second kappa shape index (κ2) is 5.68. The topological polar surface area (TPSA) is 45.8 Å². The summed E-state index contributed by atoms with van der Waals surface area (Å²) >= 11 is 5.60. The van der Waals surface area contributed by atoms with E-state index in [0.717, 1.165) is 11.3 Å². The van der Waals surface area contributed by atoms with Crippen LogP contribution in [0.15, 0.2) is 41.5 Å². The maximum atomic E-state index is 11.5. The standard InChI is InChI=1S/C11H9ClN2O.ClH/c12-7-9-1-2-10(14-11(9)15)8-3-5-13-6-4-8;/h1-6H,7H2,(H,14,15);1H. The molecule has 0 saturated carbocycles. The Morgan fingerprint density at radius 3 is 2.44 bits per heavy atom. The van der Waals surface area contributed by atoms with E-state index in [4.69, 9.17) is 11.6 Å². The lowest BCUT2D eigenvalue weighted by Crippen LogP contribution is -2.11. The summed E-state index contributed by atoms with van der Waals surface area (Å²) in [6.07, 6.45) is 3.37. The van der Waals surface area contributed by atoms with E-state index in [1.807, 2.05) is 18.2 Å². The molecule has 0 aliphatic rings. The lowest BCUT2D eigenvalue weighted by Gasteiger charge is -2.01. The number of rotatable bonds is 2. The van der Waals surface area contributed by atoms with Gasteiger partial charge in [0.25, 0.3) is 5.56 Å². The summed E-state index contributed by atoms with van der Waals surface area (Å²) in [7, 11) is 0. The highest BCUT2D eigenvalue weighted by molar-refractivity contribution is 6.17. The quantitative estimate of drug-likeness (QED) is 0.840. The average Bonchev–Trinajstić information content (AvgIpc) is 2.30. The maximum Gasteiger partial charge on any atom is 0.252 e. The van der Waals surface area contributed by atoms with Gasteiger partial charge >= 0.3 is 0 Å². The van der Waals surface area contributed by atoms with Crippen LogP contribution >= 0.6 is 24.0 Å². The predicted molar refractivity (Wildman–Crippen MR) is 67.1 cm³/mol. The zero-order chi connectivity index (χ0) is 10.7. The third-order valence-corrected chi connectivity index (χ3v) is 2.41. The van der Waals surface area contributed by atoms with E-state index in [-0.39, 0.29) is 23.8 Å². The van der Waals surface area contributed by atoms with Crippen molar-refractivity contribution in [3.63, 3.8) is 0 Å². The molecule has 16 heavy (non-hydrogen) atoms. The molecular formula is C11H10Cl2N2O. The number of hydrogen-bond donors (Lipinski definition) is 1. The molecule has 2 heterocycles. The molecule has 0 aliphatic carbocycles. The maximum absolute atomic E-state index is 11.5. The molecule has 0 saturated heterocycles. The molecule has 1 N–H and O–H groups in total. The Balaban J connectivity index is 0.00000128. The molecule has 84 valence electrons. The minimum atomic E-state index is -0.140. The second-order valence-electron chi connectivity index (χ2n) is 3.10. The highest BCUT2D eigenvalue weighted by atomic mass is 35.5. The molecule has 0 aliphatic heterocycles. The molecule has 0 fully saturated rings. The second-order valence-corrected chi connectivity index (χ2v) is 3.36. The molecule has 3 nitrogen and oxygen atoms in total. The summed E-state index contributed by atoms with van der Waals surface area (Å²) in [4.78, 5) is 18.2. The molecule has 2 aromatic rings. The summed E-state index contributed by atoms with van der Waals surface area (Å²) in [5.41, 5.74) is 2.15. The van der Waals surface area contributed by atoms with Crippen molar-refractivity contribution in [1.82, 2.24) is 9.97 Å². The lowest BCUT2D eigenvalue weighted by atomic mass is 10.1. The van der Waals surface area contributed by atoms with Crippen LogP contribution in [0.25, 0.3) is 11.3 Å². The van der Waals surface area contributed by atoms with Crippen molar-refractivity contribution in [2.45, 2.75) is 5.88 Å². The van der Waals surface area contributed by atoms with Gasteiger partial charge in [0.2, 0.25) is 0 Å². The number of halogens is 2. The molecule has 5 heteroatoms. The number of alkyl halides is 1. The summed E-state index contributed by atoms with van der Waals surface area (Å²) in [5, 5.41) is 0. The van der Waals surface area contributed by atoms with E-state index >= 15 is 0 Å². The number of nitrogens with one attached hydrogen (secondary N) is 1. The van der Waals surface area contributed by atoms with E-state index in [1.165, 1.54) is 0 Å². The fourth-order valence-corrected chi connectivity index (χ4v) is 1.52. The van der Waals surface area contributed by atoms with Gasteiger partial charge in [-0.3, -0.25) is 9.78 Å². The minimum absolute atomic E-state index is 0. The van der Waals surface area contributed by atoms with Gasteiger partial charge in [-0.1, -0.05) is 6.07 Å². The highest BCUT2D eigenvalue weighted by Crippen LogP contribution is 2.13. The van der Waals surface area contributed by atoms with Gasteiger partial charge in [0.1, 0.15) is 0 Å². The van der Waals surface area contributed by atoms with Crippen LogP contribution in [-0.2, 0) is 5.88 Å². The number of aromatic nitrogens is 2. The first-order valence-electron chi connectivity index (χ1n) is 4.50. The SMILES string of the molecule is Cl.O=c1[nH]c(-c2ccncc2)ccc1CCl. The van der Waals surface area contributed by atoms with Crippen LogP contribution in [0.2, 0.25) is 0 Å². The van der Waals surface area contributed by atoms with Crippen LogP contribution in [-0.4, -0.2) is 9.97 Å². The van der Waals surface area contributed by atoms with Crippen molar-refractivity contribution >= 4 is 24.0 Å². The van der Waals surface area contributed by atoms with Gasteiger partial charge in [-0.25, -0.2) is 0 Å². The largest absolute Gasteiger partial charge is 0.322 e. The molecule has 0 bridgehead atoms. The summed E-state index contributed by atoms with van der Waals surface area (Å²) in [6, 6.07) is 7.26. The van der Waals surface area contributed by atoms with Crippen molar-refractivity contribution in [3.05, 3.63) is 52.6 Å². The van der Waals surface area contributed by atoms with Gasteiger partial charge in [0.05, 0.1) is 5.88 Å². The summed E-state index contributed by atoms with van der Waals surface area (Å²) < 4.78 is 0. The Kier molecular flexibility index (Phi) is 4.52. The van der Waals surface area contributed by atoms with Gasteiger partial charge in [-0.2, -0.15) is 0 Å². The molecule has 0 radical (unpaired) electrons. The van der Waals surface area contributed by atoms with Gasteiger partial charge in [-0.15, -0.1) is 24.0 Å². The van der Waals surface area contributed by atoms with Gasteiger partial charge < -0.3 is 4.98 Å². The van der Waals surface area contributed by atoms with E-state index in [2.05, 4.69) is 9.97 Å². The molecule has 2 aromatic heterocycles. The zero-order valence-electron chi connectivity index (χ0n) is 8.31. The fourth-order valence-electron chi connectivity index (χ4n) is 1.31. The lowest BCUT2D eigenvalue weighted by molar-refractivity contribution is 1.16. The van der Waals surface area contributed by atoms with E-state index in [1.54, 1.807) is 18.5 Å². The van der Waals surface area contributed by atoms with Crippen molar-refractivity contribution in [2.24, 2.45) is 0 Å². The first kappa shape index (κ1) is 12.7. The predicted octanol–water partition coefficient (Wildman–Crippen LogP) is 2.60. The Hall–Kier alpha value is -1.32. The highest BCUT2D eigenvalue weighted by Gasteiger charge is 2.01. The minimum Gasteiger partial charge on any atom is -0.322 e. The normalized spacial score (nSPS) is 9.56. The Morgan fingerprint density at radius 1 is 1.19 bits per heavy atom. The van der Waals surface area contributed by atoms with E-state index < -0.39 is 0 Å². The van der Waals surface area contributed by atoms with E-state index in [9.17, 15) is 4.79 Å². The molecule has 0 amide bonds. The Morgan fingerprint density at radius 2 is 1.88 bits per heavy atom. The van der Waals surface area contributed by atoms with Crippen molar-refractivity contribution in [2.75, 3.05) is 0 Å². The molecule has 2 rings (SSSR count). The van der Waals surface area contributed by atoms with Crippen LogP contribution in [0.4, 0.5) is 0 Å². The molecule has 0 aromatic carbocycles. The van der Waals surface area contributed by atoms with Crippen molar-refractivity contribution in [3.8, 4) is 11.3 Å².